The van der Waals surface area contributed by atoms with Gasteiger partial charge in [-0.25, -0.2) is 0 Å². The third kappa shape index (κ3) is 5.19. The van der Waals surface area contributed by atoms with Gasteiger partial charge in [-0.1, -0.05) is 5.92 Å². The molecule has 0 rings (SSSR count). The largest absolute Gasteiger partial charge is 0.384 e. The van der Waals surface area contributed by atoms with Gasteiger partial charge in [0.15, 0.2) is 0 Å². The van der Waals surface area contributed by atoms with Crippen molar-refractivity contribution in [2.24, 2.45) is 0 Å². The van der Waals surface area contributed by atoms with Gasteiger partial charge in [-0.3, -0.25) is 4.79 Å². The average molecular weight is 100 g/mol. The molecule has 1 N–H and O–H groups in total. The lowest BCUT2D eigenvalue weighted by atomic mass is 10.4. The van der Waals surface area contributed by atoms with Gasteiger partial charge in [-0.2, -0.15) is 0 Å². The standard InChI is InChI=1S/C5H6O2/c1-5(7)3-2-4-6/h6H,4H2,1H3/i6T. The number of Topliss-reactive ketones (excluding diaryl/α,β-unsaturated/α-hetero) is 1. The van der Waals surface area contributed by atoms with Crippen LogP contribution in [0.5, 0.6) is 0 Å². The van der Waals surface area contributed by atoms with Gasteiger partial charge < -0.3 is 5.11 Å². The summed E-state index contributed by atoms with van der Waals surface area (Å²) in [5.41, 5.74) is 0. The zero-order chi connectivity index (χ0) is 6.41. The first-order valence-corrected chi connectivity index (χ1v) is 1.85. The van der Waals surface area contributed by atoms with Crippen molar-refractivity contribution < 1.29 is 9.90 Å². The Bertz CT molecular complexity index is 131. The molecule has 0 fully saturated rings. The highest BCUT2D eigenvalue weighted by Crippen LogP contribution is 1.58. The van der Waals surface area contributed by atoms with Crippen molar-refractivity contribution in [3.05, 3.63) is 0 Å². The van der Waals surface area contributed by atoms with Crippen molar-refractivity contribution in [2.75, 3.05) is 6.61 Å². The molecule has 2 heteroatoms. The molecule has 7 heavy (non-hydrogen) atoms. The van der Waals surface area contributed by atoms with Gasteiger partial charge in [0.1, 0.15) is 6.61 Å². The molecule has 0 atom stereocenters. The number of carbonyl (C=O) groups excluding carboxylic acids is 1. The molecule has 0 aliphatic rings. The van der Waals surface area contributed by atoms with Crippen LogP contribution < -0.4 is 0 Å². The second-order valence-corrected chi connectivity index (χ2v) is 1.00. The summed E-state index contributed by atoms with van der Waals surface area (Å²) in [6, 6.07) is 0. The van der Waals surface area contributed by atoms with Crippen LogP contribution in [0.25, 0.3) is 0 Å². The fourth-order valence-electron chi connectivity index (χ4n) is 0.161. The molecule has 0 spiro atoms. The first-order chi connectivity index (χ1) is 3.77. The summed E-state index contributed by atoms with van der Waals surface area (Å²) >= 11 is 0. The van der Waals surface area contributed by atoms with E-state index in [-0.39, 0.29) is 12.4 Å². The number of carbonyl (C=O) groups is 1. The Morgan fingerprint density at radius 1 is 2.14 bits per heavy atom. The summed E-state index contributed by atoms with van der Waals surface area (Å²) in [4.78, 5) is 10.0. The normalized spacial score (nSPS) is 8.43. The van der Waals surface area contributed by atoms with Gasteiger partial charge in [0.25, 0.3) is 0 Å². The van der Waals surface area contributed by atoms with E-state index < -0.39 is 0 Å². The summed E-state index contributed by atoms with van der Waals surface area (Å²) in [6.45, 7) is 1.36. The minimum atomic E-state index is -0.206. The molecule has 0 aromatic carbocycles. The van der Waals surface area contributed by atoms with Gasteiger partial charge in [0, 0.05) is 6.92 Å². The highest BCUT2D eigenvalue weighted by molar-refractivity contribution is 5.93. The Labute approximate surface area is 43.6 Å². The van der Waals surface area contributed by atoms with Crippen LogP contribution in [-0.2, 0) is 4.79 Å². The van der Waals surface area contributed by atoms with E-state index in [1.54, 1.807) is 0 Å². The zero-order valence-corrected chi connectivity index (χ0v) is 4.02. The van der Waals surface area contributed by atoms with E-state index in [0.717, 1.165) is 0 Å². The van der Waals surface area contributed by atoms with Crippen LogP contribution in [0.1, 0.15) is 6.92 Å². The number of aliphatic hydroxyl groups excluding tert-OH is 1. The number of hydrogen-bond acceptors (Lipinski definition) is 2. The molecular formula is C5H6O2. The second kappa shape index (κ2) is 3.38. The van der Waals surface area contributed by atoms with Crippen LogP contribution in [0.4, 0.5) is 0 Å². The fourth-order valence-corrected chi connectivity index (χ4v) is 0.161. The third-order valence-electron chi connectivity index (χ3n) is 0.337. The van der Waals surface area contributed by atoms with E-state index >= 15 is 0 Å². The molecule has 0 heterocycles. The van der Waals surface area contributed by atoms with E-state index in [9.17, 15) is 4.79 Å². The first-order valence-electron chi connectivity index (χ1n) is 2.25. The van der Waals surface area contributed by atoms with Crippen molar-refractivity contribution in [3.8, 4) is 11.8 Å². The Balaban J connectivity index is 3.35. The zero-order valence-electron chi connectivity index (χ0n) is 5.02. The molecular weight excluding hydrogens is 92.1 g/mol. The summed E-state index contributed by atoms with van der Waals surface area (Å²) in [5.74, 6) is 4.33. The molecule has 0 aromatic heterocycles. The number of aliphatic hydroxyl groups is 1. The minimum absolute atomic E-state index is 0.000417. The Kier molecular flexibility index (Phi) is 2.10. The second-order valence-electron chi connectivity index (χ2n) is 1.00. The molecule has 0 amide bonds. The van der Waals surface area contributed by atoms with Gasteiger partial charge >= 0.3 is 0 Å². The SMILES string of the molecule is [3H]OCC#CC(C)=O. The molecule has 0 radical (unpaired) electrons. The molecule has 0 saturated heterocycles. The lowest BCUT2D eigenvalue weighted by molar-refractivity contribution is -0.111. The van der Waals surface area contributed by atoms with Crippen LogP contribution in [0.3, 0.4) is 0 Å². The summed E-state index contributed by atoms with van der Waals surface area (Å²) < 4.78 is 6.13. The Morgan fingerprint density at radius 3 is 3.29 bits per heavy atom. The summed E-state index contributed by atoms with van der Waals surface area (Å²) in [7, 11) is 0. The van der Waals surface area contributed by atoms with E-state index in [0.29, 0.717) is 0 Å². The van der Waals surface area contributed by atoms with Crippen LogP contribution in [-0.4, -0.2) is 18.9 Å². The molecule has 0 aliphatic carbocycles. The maximum Gasteiger partial charge on any atom is 0.211 e. The molecule has 0 aliphatic heterocycles. The summed E-state index contributed by atoms with van der Waals surface area (Å²) in [5, 5.41) is 3.82. The van der Waals surface area contributed by atoms with Crippen LogP contribution in [0.2, 0.25) is 0 Å². The fraction of sp³-hybridized carbons (Fsp3) is 0.400. The maximum atomic E-state index is 10.0. The minimum Gasteiger partial charge on any atom is -0.384 e. The number of ketones is 1. The van der Waals surface area contributed by atoms with Crippen LogP contribution in [0, 0.1) is 11.8 Å². The van der Waals surface area contributed by atoms with E-state index in [4.69, 9.17) is 1.43 Å². The lowest BCUT2D eigenvalue weighted by Gasteiger charge is -1.67. The van der Waals surface area contributed by atoms with Crippen LogP contribution >= 0.6 is 0 Å². The third-order valence-corrected chi connectivity index (χ3v) is 0.337. The Morgan fingerprint density at radius 2 is 2.86 bits per heavy atom. The highest BCUT2D eigenvalue weighted by Gasteiger charge is 1.74. The predicted molar refractivity (Wildman–Crippen MR) is 25.5 cm³/mol. The Hall–Kier alpha value is -0.810. The van der Waals surface area contributed by atoms with Crippen molar-refractivity contribution >= 4 is 5.78 Å². The molecule has 2 nitrogen and oxygen atoms in total. The van der Waals surface area contributed by atoms with Crippen molar-refractivity contribution in [2.45, 2.75) is 6.92 Å². The van der Waals surface area contributed by atoms with E-state index in [1.165, 1.54) is 6.92 Å². The van der Waals surface area contributed by atoms with Crippen LogP contribution in [0.15, 0.2) is 0 Å². The van der Waals surface area contributed by atoms with E-state index in [2.05, 4.69) is 16.9 Å². The van der Waals surface area contributed by atoms with E-state index in [1.807, 2.05) is 0 Å². The van der Waals surface area contributed by atoms with Crippen molar-refractivity contribution in [1.82, 2.24) is 0 Å². The molecule has 0 aromatic rings. The molecule has 38 valence electrons. The molecule has 0 saturated carbocycles. The first kappa shape index (κ1) is 4.35. The predicted octanol–water partition coefficient (Wildman–Crippen LogP) is -0.429. The van der Waals surface area contributed by atoms with Gasteiger partial charge in [-0.15, -0.1) is 0 Å². The van der Waals surface area contributed by atoms with Gasteiger partial charge in [0.2, 0.25) is 7.21 Å². The molecule has 0 unspecified atom stereocenters. The van der Waals surface area contributed by atoms with Crippen molar-refractivity contribution in [1.29, 1.82) is 1.43 Å². The quantitative estimate of drug-likeness (QED) is 0.358. The highest BCUT2D eigenvalue weighted by atomic mass is 16.2. The van der Waals surface area contributed by atoms with Gasteiger partial charge in [0.05, 0.1) is 0 Å². The number of rotatable bonds is 1. The van der Waals surface area contributed by atoms with Crippen molar-refractivity contribution in [3.63, 3.8) is 0 Å². The summed E-state index contributed by atoms with van der Waals surface area (Å²) in [6.07, 6.45) is 0. The topological polar surface area (TPSA) is 37.3 Å². The maximum absolute atomic E-state index is 10.0. The smallest absolute Gasteiger partial charge is 0.211 e. The number of hydrogen-bond donors (Lipinski definition) is 1. The molecule has 0 bridgehead atoms. The van der Waals surface area contributed by atoms with Gasteiger partial charge in [-0.05, 0) is 5.92 Å². The monoisotopic (exact) mass is 100 g/mol. The average Bonchev–Trinajstić information content (AvgIpc) is 1.66. The lowest BCUT2D eigenvalue weighted by Crippen LogP contribution is -1.81.